The lowest BCUT2D eigenvalue weighted by Gasteiger charge is -2.29. The van der Waals surface area contributed by atoms with Gasteiger partial charge in [0, 0.05) is 9.61 Å². The third kappa shape index (κ3) is 4.98. The van der Waals surface area contributed by atoms with Gasteiger partial charge in [-0.05, 0) is 59.5 Å². The molecule has 114 valence electrons. The second-order valence-corrected chi connectivity index (χ2v) is 6.77. The van der Waals surface area contributed by atoms with Crippen molar-refractivity contribution < 1.29 is 14.3 Å². The minimum atomic E-state index is -0.458. The molecule has 1 saturated carbocycles. The average molecular weight is 401 g/mol. The number of rotatable bonds is 4. The molecule has 1 aromatic carbocycles. The molecule has 0 aromatic heterocycles. The van der Waals surface area contributed by atoms with E-state index in [9.17, 15) is 9.59 Å². The van der Waals surface area contributed by atoms with Gasteiger partial charge in [-0.1, -0.05) is 25.8 Å². The largest absolute Gasteiger partial charge is 0.452 e. The Morgan fingerprint density at radius 3 is 2.81 bits per heavy atom. The summed E-state index contributed by atoms with van der Waals surface area (Å²) in [4.78, 5) is 23.7. The van der Waals surface area contributed by atoms with Gasteiger partial charge in [0.2, 0.25) is 0 Å². The first-order valence-corrected chi connectivity index (χ1v) is 8.36. The van der Waals surface area contributed by atoms with E-state index in [2.05, 4.69) is 34.8 Å². The summed E-state index contributed by atoms with van der Waals surface area (Å²) < 4.78 is 6.03. The van der Waals surface area contributed by atoms with Gasteiger partial charge in [-0.3, -0.25) is 4.79 Å². The zero-order valence-corrected chi connectivity index (χ0v) is 14.3. The SMILES string of the molecule is C[C@H]1CCCC[C@H]1NC(=O)COC(=O)c1cccc(I)c1. The minimum absolute atomic E-state index is 0.211. The van der Waals surface area contributed by atoms with Crippen molar-refractivity contribution in [3.63, 3.8) is 0 Å². The van der Waals surface area contributed by atoms with Crippen LogP contribution in [0.3, 0.4) is 0 Å². The van der Waals surface area contributed by atoms with Gasteiger partial charge >= 0.3 is 5.97 Å². The van der Waals surface area contributed by atoms with Crippen LogP contribution in [0.25, 0.3) is 0 Å². The van der Waals surface area contributed by atoms with Crippen molar-refractivity contribution in [2.24, 2.45) is 5.92 Å². The lowest BCUT2D eigenvalue weighted by Crippen LogP contribution is -2.42. The van der Waals surface area contributed by atoms with E-state index in [1.807, 2.05) is 6.07 Å². The lowest BCUT2D eigenvalue weighted by molar-refractivity contribution is -0.125. The van der Waals surface area contributed by atoms with Crippen molar-refractivity contribution in [3.8, 4) is 0 Å². The minimum Gasteiger partial charge on any atom is -0.452 e. The summed E-state index contributed by atoms with van der Waals surface area (Å²) in [7, 11) is 0. The third-order valence-electron chi connectivity index (χ3n) is 3.85. The molecule has 0 bridgehead atoms. The first kappa shape index (κ1) is 16.3. The summed E-state index contributed by atoms with van der Waals surface area (Å²) in [5, 5.41) is 2.97. The molecule has 5 heteroatoms. The van der Waals surface area contributed by atoms with Crippen LogP contribution < -0.4 is 5.32 Å². The molecule has 0 radical (unpaired) electrons. The summed E-state index contributed by atoms with van der Waals surface area (Å²) in [6.45, 7) is 1.94. The van der Waals surface area contributed by atoms with Gasteiger partial charge in [0.15, 0.2) is 6.61 Å². The first-order chi connectivity index (χ1) is 10.1. The van der Waals surface area contributed by atoms with E-state index < -0.39 is 5.97 Å². The van der Waals surface area contributed by atoms with Crippen LogP contribution in [0.2, 0.25) is 0 Å². The fourth-order valence-corrected chi connectivity index (χ4v) is 3.15. The van der Waals surface area contributed by atoms with E-state index in [-0.39, 0.29) is 18.6 Å². The number of carbonyl (C=O) groups is 2. The van der Waals surface area contributed by atoms with E-state index in [1.165, 1.54) is 6.42 Å². The summed E-state index contributed by atoms with van der Waals surface area (Å²) in [5.41, 5.74) is 0.473. The van der Waals surface area contributed by atoms with Crippen LogP contribution in [0.5, 0.6) is 0 Å². The number of halogens is 1. The van der Waals surface area contributed by atoms with E-state index in [1.54, 1.807) is 18.2 Å². The number of hydrogen-bond donors (Lipinski definition) is 1. The van der Waals surface area contributed by atoms with Gasteiger partial charge in [-0.2, -0.15) is 0 Å². The van der Waals surface area contributed by atoms with Crippen molar-refractivity contribution in [1.82, 2.24) is 5.32 Å². The predicted molar refractivity (Wildman–Crippen MR) is 89.0 cm³/mol. The molecule has 2 atom stereocenters. The van der Waals surface area contributed by atoms with Crippen molar-refractivity contribution in [2.45, 2.75) is 38.6 Å². The van der Waals surface area contributed by atoms with Crippen LogP contribution >= 0.6 is 22.6 Å². The second-order valence-electron chi connectivity index (χ2n) is 5.52. The molecule has 1 amide bonds. The van der Waals surface area contributed by atoms with E-state index in [0.717, 1.165) is 22.8 Å². The number of amides is 1. The van der Waals surface area contributed by atoms with Gasteiger partial charge in [0.25, 0.3) is 5.91 Å². The van der Waals surface area contributed by atoms with Crippen molar-refractivity contribution in [2.75, 3.05) is 6.61 Å². The van der Waals surface area contributed by atoms with Crippen LogP contribution in [0, 0.1) is 9.49 Å². The average Bonchev–Trinajstić information content (AvgIpc) is 2.47. The third-order valence-corrected chi connectivity index (χ3v) is 4.52. The fourth-order valence-electron chi connectivity index (χ4n) is 2.61. The van der Waals surface area contributed by atoms with E-state index in [4.69, 9.17) is 4.74 Å². The highest BCUT2D eigenvalue weighted by Gasteiger charge is 2.23. The molecule has 21 heavy (non-hydrogen) atoms. The summed E-state index contributed by atoms with van der Waals surface area (Å²) in [6, 6.07) is 7.33. The Balaban J connectivity index is 1.79. The number of hydrogen-bond acceptors (Lipinski definition) is 3. The first-order valence-electron chi connectivity index (χ1n) is 7.28. The molecule has 2 rings (SSSR count). The van der Waals surface area contributed by atoms with Gasteiger partial charge in [-0.25, -0.2) is 4.79 Å². The quantitative estimate of drug-likeness (QED) is 0.623. The molecular weight excluding hydrogens is 381 g/mol. The van der Waals surface area contributed by atoms with Gasteiger partial charge in [0.05, 0.1) is 5.56 Å². The highest BCUT2D eigenvalue weighted by atomic mass is 127. The number of nitrogens with one attached hydrogen (secondary N) is 1. The van der Waals surface area contributed by atoms with Crippen LogP contribution in [0.4, 0.5) is 0 Å². The Bertz CT molecular complexity index is 518. The molecular formula is C16H20INO3. The Kier molecular flexibility index (Phi) is 6.02. The molecule has 0 saturated heterocycles. The molecule has 1 aliphatic carbocycles. The van der Waals surface area contributed by atoms with Crippen molar-refractivity contribution >= 4 is 34.5 Å². The molecule has 4 nitrogen and oxygen atoms in total. The monoisotopic (exact) mass is 401 g/mol. The van der Waals surface area contributed by atoms with Crippen LogP contribution in [0.1, 0.15) is 43.0 Å². The number of ether oxygens (including phenoxy) is 1. The van der Waals surface area contributed by atoms with E-state index >= 15 is 0 Å². The normalized spacial score (nSPS) is 21.6. The van der Waals surface area contributed by atoms with Crippen molar-refractivity contribution in [1.29, 1.82) is 0 Å². The Morgan fingerprint density at radius 1 is 1.33 bits per heavy atom. The van der Waals surface area contributed by atoms with Crippen LogP contribution in [-0.4, -0.2) is 24.5 Å². The number of esters is 1. The maximum Gasteiger partial charge on any atom is 0.338 e. The molecule has 1 aliphatic rings. The molecule has 0 aliphatic heterocycles. The summed E-state index contributed by atoms with van der Waals surface area (Å²) >= 11 is 2.13. The molecule has 1 fully saturated rings. The molecule has 0 heterocycles. The summed E-state index contributed by atoms with van der Waals surface area (Å²) in [5.74, 6) is -0.179. The Hall–Kier alpha value is -1.11. The maximum atomic E-state index is 11.9. The van der Waals surface area contributed by atoms with Crippen LogP contribution in [0.15, 0.2) is 24.3 Å². The smallest absolute Gasteiger partial charge is 0.338 e. The molecule has 1 aromatic rings. The van der Waals surface area contributed by atoms with Gasteiger partial charge in [0.1, 0.15) is 0 Å². The van der Waals surface area contributed by atoms with E-state index in [0.29, 0.717) is 11.5 Å². The molecule has 0 unspecified atom stereocenters. The second kappa shape index (κ2) is 7.77. The zero-order chi connectivity index (χ0) is 15.2. The van der Waals surface area contributed by atoms with Crippen molar-refractivity contribution in [3.05, 3.63) is 33.4 Å². The zero-order valence-electron chi connectivity index (χ0n) is 12.1. The fraction of sp³-hybridized carbons (Fsp3) is 0.500. The maximum absolute atomic E-state index is 11.9. The van der Waals surface area contributed by atoms with Crippen LogP contribution in [-0.2, 0) is 9.53 Å². The highest BCUT2D eigenvalue weighted by molar-refractivity contribution is 14.1. The number of carbonyl (C=O) groups excluding carboxylic acids is 2. The Morgan fingerprint density at radius 2 is 2.10 bits per heavy atom. The topological polar surface area (TPSA) is 55.4 Å². The predicted octanol–water partition coefficient (Wildman–Crippen LogP) is 3.14. The van der Waals surface area contributed by atoms with Gasteiger partial charge in [-0.15, -0.1) is 0 Å². The Labute approximate surface area is 138 Å². The number of benzene rings is 1. The highest BCUT2D eigenvalue weighted by Crippen LogP contribution is 2.23. The molecule has 1 N–H and O–H groups in total. The molecule has 0 spiro atoms. The summed E-state index contributed by atoms with van der Waals surface area (Å²) in [6.07, 6.45) is 4.54. The standard InChI is InChI=1S/C16H20INO3/c1-11-5-2-3-8-14(11)18-15(19)10-21-16(20)12-6-4-7-13(17)9-12/h4,6-7,9,11,14H,2-3,5,8,10H2,1H3,(H,18,19)/t11-,14+/m0/s1. The lowest BCUT2D eigenvalue weighted by atomic mass is 9.86. The van der Waals surface area contributed by atoms with Gasteiger partial charge < -0.3 is 10.1 Å².